The summed E-state index contributed by atoms with van der Waals surface area (Å²) < 4.78 is 2.08. The molecule has 0 radical (unpaired) electrons. The fourth-order valence-electron chi connectivity index (χ4n) is 1.67. The maximum atomic E-state index is 4.88. The molecule has 2 rings (SSSR count). The van der Waals surface area contributed by atoms with E-state index in [1.165, 1.54) is 10.9 Å². The fourth-order valence-corrected chi connectivity index (χ4v) is 1.72. The van der Waals surface area contributed by atoms with Crippen LogP contribution in [0.3, 0.4) is 0 Å². The van der Waals surface area contributed by atoms with Crippen molar-refractivity contribution in [3.8, 4) is 0 Å². The van der Waals surface area contributed by atoms with E-state index >= 15 is 0 Å². The van der Waals surface area contributed by atoms with Gasteiger partial charge in [0.05, 0.1) is 11.2 Å². The van der Waals surface area contributed by atoms with Crippen molar-refractivity contribution in [2.45, 2.75) is 6.92 Å². The number of aryl methyl sites for hydroxylation is 1. The Morgan fingerprint density at radius 2 is 2.19 bits per heavy atom. The van der Waals surface area contributed by atoms with Gasteiger partial charge in [0.2, 0.25) is 0 Å². The Kier molecular flexibility index (Phi) is 3.01. The van der Waals surface area contributed by atoms with Gasteiger partial charge in [0, 0.05) is 29.7 Å². The van der Waals surface area contributed by atoms with Gasteiger partial charge in [-0.2, -0.15) is 5.10 Å². The van der Waals surface area contributed by atoms with Gasteiger partial charge < -0.3 is 4.57 Å². The van der Waals surface area contributed by atoms with Crippen molar-refractivity contribution in [3.05, 3.63) is 36.0 Å². The van der Waals surface area contributed by atoms with Gasteiger partial charge in [0.15, 0.2) is 0 Å². The molecule has 0 spiro atoms. The van der Waals surface area contributed by atoms with Gasteiger partial charge in [-0.25, -0.2) is 0 Å². The van der Waals surface area contributed by atoms with Crippen LogP contribution in [-0.2, 0) is 7.05 Å². The topological polar surface area (TPSA) is 29.3 Å². The van der Waals surface area contributed by atoms with Gasteiger partial charge in [0.25, 0.3) is 0 Å². The molecule has 0 fully saturated rings. The van der Waals surface area contributed by atoms with Crippen molar-refractivity contribution < 1.29 is 0 Å². The van der Waals surface area contributed by atoms with Crippen molar-refractivity contribution in [1.82, 2.24) is 9.99 Å². The van der Waals surface area contributed by atoms with Crippen molar-refractivity contribution in [3.63, 3.8) is 0 Å². The zero-order valence-corrected chi connectivity index (χ0v) is 10.1. The Labute approximate surface area is 99.8 Å². The van der Waals surface area contributed by atoms with Crippen LogP contribution in [0.15, 0.2) is 35.6 Å². The van der Waals surface area contributed by atoms with Gasteiger partial charge >= 0.3 is 0 Å². The van der Waals surface area contributed by atoms with Gasteiger partial charge in [-0.05, 0) is 13.0 Å². The smallest absolute Gasteiger partial charge is 0.0930 e. The van der Waals surface area contributed by atoms with Crippen molar-refractivity contribution in [2.24, 2.45) is 12.1 Å². The van der Waals surface area contributed by atoms with E-state index in [-0.39, 0.29) is 0 Å². The third kappa shape index (κ3) is 2.12. The molecule has 1 N–H and O–H groups in total. The maximum absolute atomic E-state index is 4.88. The van der Waals surface area contributed by atoms with Gasteiger partial charge in [0.1, 0.15) is 0 Å². The highest BCUT2D eigenvalue weighted by Gasteiger charge is 2.02. The highest BCUT2D eigenvalue weighted by molar-refractivity contribution is 7.80. The van der Waals surface area contributed by atoms with Crippen LogP contribution in [-0.4, -0.2) is 15.8 Å². The monoisotopic (exact) mass is 231 g/mol. The molecule has 0 saturated heterocycles. The van der Waals surface area contributed by atoms with Gasteiger partial charge in [-0.3, -0.25) is 5.43 Å². The summed E-state index contributed by atoms with van der Waals surface area (Å²) in [4.78, 5) is 0.663. The summed E-state index contributed by atoms with van der Waals surface area (Å²) in [5.41, 5.74) is 5.04. The molecule has 0 amide bonds. The minimum atomic E-state index is 0.663. The molecule has 16 heavy (non-hydrogen) atoms. The van der Waals surface area contributed by atoms with Crippen LogP contribution in [0.2, 0.25) is 0 Å². The predicted octanol–water partition coefficient (Wildman–Crippen LogP) is 2.45. The van der Waals surface area contributed by atoms with Crippen LogP contribution in [0.4, 0.5) is 0 Å². The molecule has 0 aliphatic carbocycles. The second-order valence-electron chi connectivity index (χ2n) is 3.64. The molecular formula is C12H13N3S. The highest BCUT2D eigenvalue weighted by atomic mass is 32.1. The van der Waals surface area contributed by atoms with E-state index in [2.05, 4.69) is 33.4 Å². The molecule has 0 saturated carbocycles. The Morgan fingerprint density at radius 3 is 2.94 bits per heavy atom. The first kappa shape index (κ1) is 10.8. The molecule has 1 aromatic heterocycles. The van der Waals surface area contributed by atoms with E-state index in [0.29, 0.717) is 4.99 Å². The standard InChI is InChI=1S/C12H13N3S/c1-9(16)14-13-7-10-8-15(2)12-6-4-3-5-11(10)12/h3-8H,1-2H3,(H,14,16)/b13-7-. The molecular weight excluding hydrogens is 218 g/mol. The zero-order valence-electron chi connectivity index (χ0n) is 9.27. The molecule has 0 atom stereocenters. The van der Waals surface area contributed by atoms with Crippen LogP contribution >= 0.6 is 12.2 Å². The number of hydrazone groups is 1. The van der Waals surface area contributed by atoms with Crippen molar-refractivity contribution in [1.29, 1.82) is 0 Å². The number of hydrogen-bond donors (Lipinski definition) is 1. The summed E-state index contributed by atoms with van der Waals surface area (Å²) in [5.74, 6) is 0. The Bertz CT molecular complexity index is 554. The number of hydrogen-bond acceptors (Lipinski definition) is 2. The number of benzene rings is 1. The quantitative estimate of drug-likeness (QED) is 0.489. The lowest BCUT2D eigenvalue weighted by atomic mass is 10.2. The zero-order chi connectivity index (χ0) is 11.5. The number of para-hydroxylation sites is 1. The SMILES string of the molecule is CC(=S)N/N=C\c1cn(C)c2ccccc12. The molecule has 1 heterocycles. The lowest BCUT2D eigenvalue weighted by molar-refractivity contribution is 0.967. The van der Waals surface area contributed by atoms with E-state index in [1.807, 2.05) is 19.2 Å². The van der Waals surface area contributed by atoms with Crippen molar-refractivity contribution >= 4 is 34.3 Å². The molecule has 4 heteroatoms. The Morgan fingerprint density at radius 1 is 1.44 bits per heavy atom. The van der Waals surface area contributed by atoms with Crippen LogP contribution < -0.4 is 5.43 Å². The lowest BCUT2D eigenvalue weighted by Crippen LogP contribution is -2.09. The number of nitrogens with zero attached hydrogens (tertiary/aromatic N) is 2. The van der Waals surface area contributed by atoms with E-state index in [0.717, 1.165) is 5.56 Å². The van der Waals surface area contributed by atoms with E-state index < -0.39 is 0 Å². The fraction of sp³-hybridized carbons (Fsp3) is 0.167. The van der Waals surface area contributed by atoms with Crippen molar-refractivity contribution in [2.75, 3.05) is 0 Å². The second kappa shape index (κ2) is 4.45. The molecule has 3 nitrogen and oxygen atoms in total. The van der Waals surface area contributed by atoms with Crippen LogP contribution in [0.25, 0.3) is 10.9 Å². The minimum absolute atomic E-state index is 0.663. The maximum Gasteiger partial charge on any atom is 0.0930 e. The minimum Gasteiger partial charge on any atom is -0.350 e. The molecule has 0 unspecified atom stereocenters. The summed E-state index contributed by atoms with van der Waals surface area (Å²) in [5, 5.41) is 5.27. The lowest BCUT2D eigenvalue weighted by Gasteiger charge is -1.93. The molecule has 82 valence electrons. The average molecular weight is 231 g/mol. The average Bonchev–Trinajstić information content (AvgIpc) is 2.57. The first-order valence-corrected chi connectivity index (χ1v) is 5.43. The van der Waals surface area contributed by atoms with Crippen LogP contribution in [0.1, 0.15) is 12.5 Å². The van der Waals surface area contributed by atoms with Crippen LogP contribution in [0.5, 0.6) is 0 Å². The number of thiocarbonyl (C=S) groups is 1. The number of nitrogens with one attached hydrogen (secondary N) is 1. The number of aromatic nitrogens is 1. The molecule has 1 aromatic carbocycles. The van der Waals surface area contributed by atoms with Gasteiger partial charge in [-0.15, -0.1) is 0 Å². The molecule has 0 aliphatic rings. The number of fused-ring (bicyclic) bond motifs is 1. The van der Waals surface area contributed by atoms with E-state index in [4.69, 9.17) is 12.2 Å². The third-order valence-electron chi connectivity index (χ3n) is 2.35. The second-order valence-corrected chi connectivity index (χ2v) is 4.25. The molecule has 0 aliphatic heterocycles. The van der Waals surface area contributed by atoms with Crippen LogP contribution in [0, 0.1) is 0 Å². The summed E-state index contributed by atoms with van der Waals surface area (Å²) in [6.07, 6.45) is 3.84. The molecule has 2 aromatic rings. The summed E-state index contributed by atoms with van der Waals surface area (Å²) in [6, 6.07) is 8.23. The largest absolute Gasteiger partial charge is 0.350 e. The third-order valence-corrected chi connectivity index (χ3v) is 2.44. The Hall–Kier alpha value is -1.68. The van der Waals surface area contributed by atoms with Gasteiger partial charge in [-0.1, -0.05) is 30.4 Å². The Balaban J connectivity index is 2.38. The predicted molar refractivity (Wildman–Crippen MR) is 71.9 cm³/mol. The van der Waals surface area contributed by atoms with E-state index in [1.54, 1.807) is 13.1 Å². The summed E-state index contributed by atoms with van der Waals surface area (Å²) >= 11 is 4.88. The summed E-state index contributed by atoms with van der Waals surface area (Å²) in [6.45, 7) is 1.80. The summed E-state index contributed by atoms with van der Waals surface area (Å²) in [7, 11) is 2.03. The first-order valence-electron chi connectivity index (χ1n) is 5.02. The normalized spacial score (nSPS) is 11.1. The number of rotatable bonds is 2. The highest BCUT2D eigenvalue weighted by Crippen LogP contribution is 2.18. The van der Waals surface area contributed by atoms with E-state index in [9.17, 15) is 0 Å². The first-order chi connectivity index (χ1) is 7.68. The molecule has 0 bridgehead atoms.